The van der Waals surface area contributed by atoms with E-state index in [4.69, 9.17) is 5.11 Å². The van der Waals surface area contributed by atoms with Crippen LogP contribution in [0.3, 0.4) is 0 Å². The van der Waals surface area contributed by atoms with Gasteiger partial charge in [0.2, 0.25) is 0 Å². The Hall–Kier alpha value is -1.57. The maximum atomic E-state index is 10.6. The van der Waals surface area contributed by atoms with Crippen LogP contribution in [-0.2, 0) is 4.79 Å². The fourth-order valence-electron chi connectivity index (χ4n) is 4.31. The van der Waals surface area contributed by atoms with Crippen molar-refractivity contribution in [1.82, 2.24) is 0 Å². The van der Waals surface area contributed by atoms with E-state index < -0.39 is 12.1 Å². The average Bonchev–Trinajstić information content (AvgIpc) is 3.10. The number of rotatable bonds is 8. The first-order valence-corrected chi connectivity index (χ1v) is 9.76. The van der Waals surface area contributed by atoms with Gasteiger partial charge in [-0.05, 0) is 56.8 Å². The van der Waals surface area contributed by atoms with Crippen molar-refractivity contribution >= 4 is 5.97 Å². The van der Waals surface area contributed by atoms with Gasteiger partial charge in [-0.25, -0.2) is 0 Å². The second kappa shape index (κ2) is 9.94. The monoisotopic (exact) mass is 360 g/mol. The summed E-state index contributed by atoms with van der Waals surface area (Å²) in [5.41, 5.74) is 1.41. The Kier molecular flexibility index (Phi) is 7.93. The van der Waals surface area contributed by atoms with Crippen molar-refractivity contribution < 1.29 is 20.1 Å². The Morgan fingerprint density at radius 1 is 1.38 bits per heavy atom. The van der Waals surface area contributed by atoms with E-state index in [-0.39, 0.29) is 24.4 Å². The van der Waals surface area contributed by atoms with Gasteiger partial charge in [-0.1, -0.05) is 30.7 Å². The van der Waals surface area contributed by atoms with Gasteiger partial charge in [0.1, 0.15) is 0 Å². The molecule has 144 valence electrons. The van der Waals surface area contributed by atoms with Gasteiger partial charge in [0.15, 0.2) is 0 Å². The maximum absolute atomic E-state index is 10.6. The normalized spacial score (nSPS) is 31.6. The van der Waals surface area contributed by atoms with E-state index in [9.17, 15) is 15.0 Å². The lowest BCUT2D eigenvalue weighted by Crippen LogP contribution is -2.19. The second-order valence-electron chi connectivity index (χ2n) is 7.84. The fourth-order valence-corrected chi connectivity index (χ4v) is 4.31. The van der Waals surface area contributed by atoms with Crippen LogP contribution in [0, 0.1) is 35.5 Å². The lowest BCUT2D eigenvalue weighted by Gasteiger charge is -2.19. The summed E-state index contributed by atoms with van der Waals surface area (Å²) in [5, 5.41) is 29.4. The zero-order valence-electron chi connectivity index (χ0n) is 15.9. The topological polar surface area (TPSA) is 77.8 Å². The molecule has 4 heteroatoms. The molecule has 6 atom stereocenters. The number of aliphatic carboxylic acids is 1. The number of fused-ring (bicyclic) bond motifs is 1. The third-order valence-corrected chi connectivity index (χ3v) is 5.85. The highest BCUT2D eigenvalue weighted by Gasteiger charge is 2.44. The Labute approximate surface area is 157 Å². The number of carboxylic acids is 1. The van der Waals surface area contributed by atoms with E-state index in [1.54, 1.807) is 6.92 Å². The molecule has 3 unspecified atom stereocenters. The van der Waals surface area contributed by atoms with Crippen LogP contribution in [-0.4, -0.2) is 33.5 Å². The van der Waals surface area contributed by atoms with Crippen LogP contribution in [0.4, 0.5) is 0 Å². The van der Waals surface area contributed by atoms with E-state index in [1.165, 1.54) is 5.57 Å². The molecule has 2 fully saturated rings. The first-order chi connectivity index (χ1) is 12.4. The minimum absolute atomic E-state index is 0.0845. The number of aliphatic hydroxyl groups excluding tert-OH is 2. The van der Waals surface area contributed by atoms with Crippen LogP contribution in [0.2, 0.25) is 0 Å². The molecule has 0 heterocycles. The molecule has 0 aromatic heterocycles. The Morgan fingerprint density at radius 2 is 2.15 bits per heavy atom. The van der Waals surface area contributed by atoms with Crippen molar-refractivity contribution in [2.45, 2.75) is 71.0 Å². The molecule has 0 aromatic rings. The van der Waals surface area contributed by atoms with Crippen LogP contribution in [0.1, 0.15) is 58.8 Å². The molecule has 0 aliphatic heterocycles. The summed E-state index contributed by atoms with van der Waals surface area (Å²) in [6.45, 7) is 3.79. The molecular formula is C22H32O4. The average molecular weight is 360 g/mol. The van der Waals surface area contributed by atoms with Gasteiger partial charge >= 0.3 is 5.97 Å². The molecule has 0 radical (unpaired) electrons. The van der Waals surface area contributed by atoms with E-state index in [0.717, 1.165) is 25.7 Å². The number of allylic oxidation sites excluding steroid dienone is 2. The number of unbranched alkanes of at least 4 members (excludes halogenated alkanes) is 1. The van der Waals surface area contributed by atoms with Crippen LogP contribution in [0.15, 0.2) is 23.8 Å². The van der Waals surface area contributed by atoms with E-state index in [0.29, 0.717) is 24.7 Å². The van der Waals surface area contributed by atoms with Gasteiger partial charge in [-0.15, -0.1) is 11.8 Å². The first kappa shape index (κ1) is 20.7. The summed E-state index contributed by atoms with van der Waals surface area (Å²) in [6.07, 6.45) is 10.4. The lowest BCUT2D eigenvalue weighted by atomic mass is 9.89. The van der Waals surface area contributed by atoms with Crippen molar-refractivity contribution in [2.75, 3.05) is 0 Å². The highest BCUT2D eigenvalue weighted by Crippen LogP contribution is 2.50. The fraction of sp³-hybridized carbons (Fsp3) is 0.682. The molecule has 4 nitrogen and oxygen atoms in total. The highest BCUT2D eigenvalue weighted by molar-refractivity contribution is 5.66. The molecule has 0 spiro atoms. The summed E-state index contributed by atoms with van der Waals surface area (Å²) in [5.74, 6) is 6.25. The van der Waals surface area contributed by atoms with Gasteiger partial charge in [-0.2, -0.15) is 0 Å². The molecule has 0 saturated heterocycles. The smallest absolute Gasteiger partial charge is 0.303 e. The summed E-state index contributed by atoms with van der Waals surface area (Å²) >= 11 is 0. The number of carbonyl (C=O) groups is 1. The second-order valence-corrected chi connectivity index (χ2v) is 7.84. The molecule has 2 saturated carbocycles. The standard InChI is InChI=1S/C22H32O4/c1-3-4-7-15(2)20(23)11-10-18-19-13-16(8-5-6-9-22(25)26)12-17(19)14-21(18)24/h8,10-11,15,17-21,23-24H,5-7,9,12-14H2,1-2H3,(H,25,26)/b11-10+,16-8+/t15?,17?,18?,19-,20+,21+/m0/s1. The molecule has 0 amide bonds. The largest absolute Gasteiger partial charge is 0.481 e. The molecule has 26 heavy (non-hydrogen) atoms. The predicted octanol–water partition coefficient (Wildman–Crippen LogP) is 3.54. The summed E-state index contributed by atoms with van der Waals surface area (Å²) in [6, 6.07) is 0. The Bertz CT molecular complexity index is 595. The van der Waals surface area contributed by atoms with Crippen LogP contribution < -0.4 is 0 Å². The Morgan fingerprint density at radius 3 is 2.85 bits per heavy atom. The SMILES string of the molecule is CC#CCC(C)[C@H](O)/C=C/C1[C@H]2C/C(=C/CCCC(=O)O)CC2C[C@H]1O. The van der Waals surface area contributed by atoms with E-state index >= 15 is 0 Å². The maximum Gasteiger partial charge on any atom is 0.303 e. The molecule has 3 N–H and O–H groups in total. The lowest BCUT2D eigenvalue weighted by molar-refractivity contribution is -0.137. The zero-order valence-corrected chi connectivity index (χ0v) is 15.9. The number of carboxylic acid groups (broad SMARTS) is 1. The van der Waals surface area contributed by atoms with Crippen molar-refractivity contribution in [1.29, 1.82) is 0 Å². The van der Waals surface area contributed by atoms with Gasteiger partial charge < -0.3 is 15.3 Å². The molecular weight excluding hydrogens is 328 g/mol. The van der Waals surface area contributed by atoms with Crippen molar-refractivity contribution in [3.05, 3.63) is 23.8 Å². The first-order valence-electron chi connectivity index (χ1n) is 9.76. The summed E-state index contributed by atoms with van der Waals surface area (Å²) in [4.78, 5) is 10.6. The molecule has 2 aliphatic rings. The number of hydrogen-bond acceptors (Lipinski definition) is 3. The summed E-state index contributed by atoms with van der Waals surface area (Å²) in [7, 11) is 0. The summed E-state index contributed by atoms with van der Waals surface area (Å²) < 4.78 is 0. The predicted molar refractivity (Wildman–Crippen MR) is 102 cm³/mol. The van der Waals surface area contributed by atoms with E-state index in [2.05, 4.69) is 17.9 Å². The number of aliphatic hydroxyl groups is 2. The van der Waals surface area contributed by atoms with Gasteiger partial charge in [0, 0.05) is 18.8 Å². The molecule has 2 aliphatic carbocycles. The molecule has 0 aromatic carbocycles. The number of hydrogen-bond donors (Lipinski definition) is 3. The van der Waals surface area contributed by atoms with Crippen molar-refractivity contribution in [3.8, 4) is 11.8 Å². The zero-order chi connectivity index (χ0) is 19.1. The highest BCUT2D eigenvalue weighted by atomic mass is 16.4. The molecule has 2 rings (SSSR count). The minimum atomic E-state index is -0.738. The van der Waals surface area contributed by atoms with Crippen LogP contribution >= 0.6 is 0 Å². The van der Waals surface area contributed by atoms with Crippen LogP contribution in [0.25, 0.3) is 0 Å². The Balaban J connectivity index is 1.89. The van der Waals surface area contributed by atoms with Crippen molar-refractivity contribution in [2.24, 2.45) is 23.7 Å². The van der Waals surface area contributed by atoms with Gasteiger partial charge in [0.25, 0.3) is 0 Å². The third kappa shape index (κ3) is 5.72. The minimum Gasteiger partial charge on any atom is -0.481 e. The molecule has 0 bridgehead atoms. The quantitative estimate of drug-likeness (QED) is 0.351. The van der Waals surface area contributed by atoms with Crippen LogP contribution in [0.5, 0.6) is 0 Å². The van der Waals surface area contributed by atoms with Gasteiger partial charge in [0.05, 0.1) is 12.2 Å². The third-order valence-electron chi connectivity index (χ3n) is 5.85. The van der Waals surface area contributed by atoms with Gasteiger partial charge in [-0.3, -0.25) is 4.79 Å². The van der Waals surface area contributed by atoms with Crippen molar-refractivity contribution in [3.63, 3.8) is 0 Å². The van der Waals surface area contributed by atoms with E-state index in [1.807, 2.05) is 19.1 Å².